The van der Waals surface area contributed by atoms with Crippen LogP contribution in [-0.2, 0) is 17.8 Å². The summed E-state index contributed by atoms with van der Waals surface area (Å²) in [6, 6.07) is 5.13. The Hall–Kier alpha value is -1.66. The largest absolute Gasteiger partial charge is 0.377 e. The number of urea groups is 1. The van der Waals surface area contributed by atoms with Gasteiger partial charge in [0.2, 0.25) is 0 Å². The number of hydrogen-bond acceptors (Lipinski definition) is 3. The van der Waals surface area contributed by atoms with Gasteiger partial charge in [-0.05, 0) is 32.1 Å². The second-order valence-corrected chi connectivity index (χ2v) is 6.15. The summed E-state index contributed by atoms with van der Waals surface area (Å²) >= 11 is 0. The highest BCUT2D eigenvalue weighted by Crippen LogP contribution is 2.13. The van der Waals surface area contributed by atoms with Gasteiger partial charge in [0.1, 0.15) is 5.82 Å². The first-order valence-corrected chi connectivity index (χ1v) is 8.05. The summed E-state index contributed by atoms with van der Waals surface area (Å²) in [6.07, 6.45) is 0.862. The fourth-order valence-electron chi connectivity index (χ4n) is 2.71. The lowest BCUT2D eigenvalue weighted by Gasteiger charge is -2.35. The Bertz CT molecular complexity index is 537. The van der Waals surface area contributed by atoms with Crippen LogP contribution in [0, 0.1) is 5.82 Å². The van der Waals surface area contributed by atoms with Crippen LogP contribution in [0.5, 0.6) is 0 Å². The lowest BCUT2D eigenvalue weighted by molar-refractivity contribution is 0.0112. The van der Waals surface area contributed by atoms with Crippen molar-refractivity contribution < 1.29 is 13.9 Å². The van der Waals surface area contributed by atoms with Crippen LogP contribution in [0.15, 0.2) is 18.2 Å². The molecule has 1 heterocycles. The lowest BCUT2D eigenvalue weighted by Crippen LogP contribution is -2.52. The number of amides is 2. The third-order valence-corrected chi connectivity index (χ3v) is 4.01. The van der Waals surface area contributed by atoms with Crippen LogP contribution in [-0.4, -0.2) is 55.7 Å². The van der Waals surface area contributed by atoms with Crippen LogP contribution in [0.2, 0.25) is 0 Å². The van der Waals surface area contributed by atoms with Gasteiger partial charge in [0.15, 0.2) is 0 Å². The van der Waals surface area contributed by atoms with E-state index in [0.29, 0.717) is 38.4 Å². The molecule has 23 heavy (non-hydrogen) atoms. The fourth-order valence-corrected chi connectivity index (χ4v) is 2.71. The van der Waals surface area contributed by atoms with E-state index < -0.39 is 0 Å². The summed E-state index contributed by atoms with van der Waals surface area (Å²) in [7, 11) is 3.81. The van der Waals surface area contributed by atoms with E-state index in [-0.39, 0.29) is 17.9 Å². The minimum absolute atomic E-state index is 0.113. The van der Waals surface area contributed by atoms with E-state index in [1.54, 1.807) is 11.0 Å². The first kappa shape index (κ1) is 17.7. The molecule has 0 saturated carbocycles. The Labute approximate surface area is 137 Å². The first-order chi connectivity index (χ1) is 11.0. The van der Waals surface area contributed by atoms with Crippen LogP contribution in [0.4, 0.5) is 9.18 Å². The summed E-state index contributed by atoms with van der Waals surface area (Å²) in [4.78, 5) is 16.0. The molecule has 0 spiro atoms. The second-order valence-electron chi connectivity index (χ2n) is 6.15. The summed E-state index contributed by atoms with van der Waals surface area (Å²) < 4.78 is 19.4. The number of hydrogen-bond donors (Lipinski definition) is 1. The van der Waals surface area contributed by atoms with Gasteiger partial charge in [-0.3, -0.25) is 0 Å². The zero-order valence-electron chi connectivity index (χ0n) is 14.1. The maximum absolute atomic E-state index is 14.0. The molecule has 0 aromatic heterocycles. The van der Waals surface area contributed by atoms with Crippen molar-refractivity contribution in [2.45, 2.75) is 32.5 Å². The van der Waals surface area contributed by atoms with E-state index >= 15 is 0 Å². The van der Waals surface area contributed by atoms with Crippen LogP contribution in [0.25, 0.3) is 0 Å². The molecule has 1 aromatic carbocycles. The quantitative estimate of drug-likeness (QED) is 0.903. The summed E-state index contributed by atoms with van der Waals surface area (Å²) in [6.45, 7) is 4.67. The third kappa shape index (κ3) is 4.91. The van der Waals surface area contributed by atoms with E-state index in [1.807, 2.05) is 32.0 Å². The summed E-state index contributed by atoms with van der Waals surface area (Å²) in [5.41, 5.74) is 1.42. The smallest absolute Gasteiger partial charge is 0.318 e. The Morgan fingerprint density at radius 2 is 2.26 bits per heavy atom. The number of halogens is 1. The molecule has 6 heteroatoms. The van der Waals surface area contributed by atoms with Gasteiger partial charge in [-0.2, -0.15) is 0 Å². The number of nitrogens with one attached hydrogen (secondary N) is 1. The number of ether oxygens (including phenoxy) is 1. The number of carbonyl (C=O) groups excluding carboxylic acids is 1. The zero-order chi connectivity index (χ0) is 16.8. The number of benzene rings is 1. The Morgan fingerprint density at radius 3 is 2.91 bits per heavy atom. The second kappa shape index (κ2) is 8.26. The predicted molar refractivity (Wildman–Crippen MR) is 87.6 cm³/mol. The highest BCUT2D eigenvalue weighted by atomic mass is 19.1. The van der Waals surface area contributed by atoms with Gasteiger partial charge >= 0.3 is 6.03 Å². The summed E-state index contributed by atoms with van der Waals surface area (Å²) in [5.74, 6) is -0.233. The van der Waals surface area contributed by atoms with Crippen LogP contribution in [0.1, 0.15) is 24.5 Å². The molecular weight excluding hydrogens is 297 g/mol. The maximum Gasteiger partial charge on any atom is 0.318 e. The first-order valence-electron chi connectivity index (χ1n) is 8.05. The molecule has 1 fully saturated rings. The van der Waals surface area contributed by atoms with Crippen molar-refractivity contribution >= 4 is 6.03 Å². The van der Waals surface area contributed by atoms with Crippen molar-refractivity contribution in [2.75, 3.05) is 33.9 Å². The summed E-state index contributed by atoms with van der Waals surface area (Å²) in [5, 5.41) is 2.87. The minimum atomic E-state index is -0.233. The normalized spacial score (nSPS) is 18.3. The highest BCUT2D eigenvalue weighted by molar-refractivity contribution is 5.74. The lowest BCUT2D eigenvalue weighted by atomic mass is 10.1. The van der Waals surface area contributed by atoms with Crippen molar-refractivity contribution in [3.8, 4) is 0 Å². The van der Waals surface area contributed by atoms with E-state index in [4.69, 9.17) is 4.74 Å². The SMILES string of the molecule is CC[C@@H]1COCCN1C(=O)NCc1ccc(CN(C)C)c(F)c1. The molecule has 1 aromatic rings. The molecule has 1 aliphatic rings. The van der Waals surface area contributed by atoms with Crippen molar-refractivity contribution in [2.24, 2.45) is 0 Å². The number of morpholine rings is 1. The Morgan fingerprint density at radius 1 is 1.48 bits per heavy atom. The molecule has 0 bridgehead atoms. The van der Waals surface area contributed by atoms with Crippen molar-refractivity contribution in [3.63, 3.8) is 0 Å². The Balaban J connectivity index is 1.92. The average molecular weight is 323 g/mol. The topological polar surface area (TPSA) is 44.8 Å². The van der Waals surface area contributed by atoms with Gasteiger partial charge in [0.25, 0.3) is 0 Å². The molecule has 128 valence electrons. The Kier molecular flexibility index (Phi) is 6.36. The maximum atomic E-state index is 14.0. The van der Waals surface area contributed by atoms with Crippen LogP contribution >= 0.6 is 0 Å². The van der Waals surface area contributed by atoms with E-state index in [2.05, 4.69) is 5.32 Å². The molecule has 1 aliphatic heterocycles. The van der Waals surface area contributed by atoms with Gasteiger partial charge in [-0.15, -0.1) is 0 Å². The van der Waals surface area contributed by atoms with Crippen LogP contribution in [0.3, 0.4) is 0 Å². The van der Waals surface area contributed by atoms with Gasteiger partial charge in [-0.1, -0.05) is 19.1 Å². The average Bonchev–Trinajstić information content (AvgIpc) is 2.54. The molecule has 0 radical (unpaired) electrons. The molecular formula is C17H26FN3O2. The van der Waals surface area contributed by atoms with E-state index in [0.717, 1.165) is 12.0 Å². The molecule has 5 nitrogen and oxygen atoms in total. The molecule has 2 rings (SSSR count). The number of nitrogens with zero attached hydrogens (tertiary/aromatic N) is 2. The monoisotopic (exact) mass is 323 g/mol. The van der Waals surface area contributed by atoms with Crippen molar-refractivity contribution in [1.82, 2.24) is 15.1 Å². The fraction of sp³-hybridized carbons (Fsp3) is 0.588. The van der Waals surface area contributed by atoms with Crippen LogP contribution < -0.4 is 5.32 Å². The molecule has 1 saturated heterocycles. The van der Waals surface area contributed by atoms with Gasteiger partial charge in [-0.25, -0.2) is 9.18 Å². The third-order valence-electron chi connectivity index (χ3n) is 4.01. The zero-order valence-corrected chi connectivity index (χ0v) is 14.1. The number of rotatable bonds is 5. The highest BCUT2D eigenvalue weighted by Gasteiger charge is 2.25. The molecule has 0 aliphatic carbocycles. The standard InChI is InChI=1S/C17H26FN3O2/c1-4-15-12-23-8-7-21(15)17(22)19-10-13-5-6-14(11-20(2)3)16(18)9-13/h5-6,9,15H,4,7-8,10-12H2,1-3H3,(H,19,22)/t15-/m1/s1. The number of carbonyl (C=O) groups is 1. The predicted octanol–water partition coefficient (Wildman–Crippen LogP) is 2.21. The van der Waals surface area contributed by atoms with Crippen molar-refractivity contribution in [1.29, 1.82) is 0 Å². The molecule has 2 amide bonds. The van der Waals surface area contributed by atoms with Gasteiger partial charge in [0, 0.05) is 25.2 Å². The van der Waals surface area contributed by atoms with Gasteiger partial charge in [0.05, 0.1) is 19.3 Å². The van der Waals surface area contributed by atoms with E-state index in [9.17, 15) is 9.18 Å². The molecule has 1 N–H and O–H groups in total. The minimum Gasteiger partial charge on any atom is -0.377 e. The molecule has 1 atom stereocenters. The van der Waals surface area contributed by atoms with Gasteiger partial charge < -0.3 is 19.9 Å². The molecule has 0 unspecified atom stereocenters. The van der Waals surface area contributed by atoms with E-state index in [1.165, 1.54) is 6.07 Å². The van der Waals surface area contributed by atoms with Crippen molar-refractivity contribution in [3.05, 3.63) is 35.1 Å².